The topological polar surface area (TPSA) is 38.9 Å². The molecule has 2 rings (SSSR count). The van der Waals surface area contributed by atoms with Crippen molar-refractivity contribution in [2.75, 3.05) is 0 Å². The van der Waals surface area contributed by atoms with Gasteiger partial charge in [-0.25, -0.2) is 0 Å². The first-order valence-corrected chi connectivity index (χ1v) is 6.28. The molecule has 1 aromatic heterocycles. The maximum atomic E-state index is 6.44. The Hall–Kier alpha value is -1.19. The van der Waals surface area contributed by atoms with E-state index in [-0.39, 0.29) is 0 Å². The maximum absolute atomic E-state index is 6.44. The Bertz CT molecular complexity index is 518. The molecule has 0 amide bonds. The van der Waals surface area contributed by atoms with Gasteiger partial charge in [0.25, 0.3) is 0 Å². The molecule has 0 radical (unpaired) electrons. The van der Waals surface area contributed by atoms with E-state index in [1.807, 2.05) is 56.4 Å². The molecule has 17 heavy (non-hydrogen) atoms. The fourth-order valence-corrected chi connectivity index (χ4v) is 2.51. The van der Waals surface area contributed by atoms with Crippen molar-refractivity contribution in [1.29, 1.82) is 0 Å². The molecule has 3 heteroatoms. The van der Waals surface area contributed by atoms with Crippen molar-refractivity contribution in [2.45, 2.75) is 19.4 Å². The Balaban J connectivity index is 2.49. The van der Waals surface area contributed by atoms with E-state index >= 15 is 0 Å². The lowest BCUT2D eigenvalue weighted by molar-refractivity contribution is 0.597. The summed E-state index contributed by atoms with van der Waals surface area (Å²) in [5, 5.41) is 0. The summed E-state index contributed by atoms with van der Waals surface area (Å²) in [7, 11) is 0. The van der Waals surface area contributed by atoms with E-state index in [1.54, 1.807) is 0 Å². The van der Waals surface area contributed by atoms with Crippen molar-refractivity contribution in [2.24, 2.45) is 5.73 Å². The maximum Gasteiger partial charge on any atom is 0.0663 e. The Morgan fingerprint density at radius 2 is 1.88 bits per heavy atom. The van der Waals surface area contributed by atoms with Gasteiger partial charge in [0.15, 0.2) is 0 Å². The van der Waals surface area contributed by atoms with Gasteiger partial charge < -0.3 is 5.73 Å². The summed E-state index contributed by atoms with van der Waals surface area (Å²) in [4.78, 5) is 4.31. The molecule has 0 bridgehead atoms. The number of rotatable bonds is 2. The lowest BCUT2D eigenvalue weighted by atomic mass is 9.86. The first-order valence-electron chi connectivity index (χ1n) is 5.49. The summed E-state index contributed by atoms with van der Waals surface area (Å²) < 4.78 is 1.02. The number of pyridine rings is 1. The van der Waals surface area contributed by atoms with Crippen molar-refractivity contribution in [3.63, 3.8) is 0 Å². The van der Waals surface area contributed by atoms with Crippen LogP contribution in [0.3, 0.4) is 0 Å². The molecule has 0 saturated carbocycles. The lowest BCUT2D eigenvalue weighted by Crippen LogP contribution is -2.34. The van der Waals surface area contributed by atoms with Crippen molar-refractivity contribution in [1.82, 2.24) is 4.98 Å². The smallest absolute Gasteiger partial charge is 0.0663 e. The average molecular weight is 291 g/mol. The monoisotopic (exact) mass is 290 g/mol. The normalized spacial score (nSPS) is 14.4. The number of nitrogens with zero attached hydrogens (tertiary/aromatic N) is 1. The highest BCUT2D eigenvalue weighted by Gasteiger charge is 2.25. The van der Waals surface area contributed by atoms with Crippen LogP contribution in [0.25, 0.3) is 0 Å². The largest absolute Gasteiger partial charge is 0.318 e. The van der Waals surface area contributed by atoms with E-state index in [0.717, 1.165) is 21.3 Å². The molecule has 1 heterocycles. The second kappa shape index (κ2) is 4.59. The zero-order valence-corrected chi connectivity index (χ0v) is 11.5. The summed E-state index contributed by atoms with van der Waals surface area (Å²) in [6.07, 6.45) is 1.84. The average Bonchev–Trinajstić information content (AvgIpc) is 2.30. The number of hydrogen-bond donors (Lipinski definition) is 1. The summed E-state index contributed by atoms with van der Waals surface area (Å²) >= 11 is 3.54. The lowest BCUT2D eigenvalue weighted by Gasteiger charge is -2.26. The molecule has 0 saturated heterocycles. The third-order valence-corrected chi connectivity index (χ3v) is 3.64. The van der Waals surface area contributed by atoms with Crippen LogP contribution in [0.5, 0.6) is 0 Å². The van der Waals surface area contributed by atoms with Crippen molar-refractivity contribution < 1.29 is 0 Å². The third kappa shape index (κ3) is 2.40. The summed E-state index contributed by atoms with van der Waals surface area (Å²) in [5.41, 5.74) is 8.97. The van der Waals surface area contributed by atoms with Gasteiger partial charge in [-0.2, -0.15) is 0 Å². The van der Waals surface area contributed by atoms with Crippen molar-refractivity contribution >= 4 is 15.9 Å². The molecule has 1 unspecified atom stereocenters. The van der Waals surface area contributed by atoms with E-state index in [2.05, 4.69) is 20.9 Å². The molecular formula is C14H15BrN2. The first kappa shape index (κ1) is 12.3. The van der Waals surface area contributed by atoms with Gasteiger partial charge in [0, 0.05) is 16.4 Å². The number of benzene rings is 1. The Kier molecular flexibility index (Phi) is 3.31. The quantitative estimate of drug-likeness (QED) is 0.921. The van der Waals surface area contributed by atoms with Gasteiger partial charge in [-0.1, -0.05) is 40.2 Å². The van der Waals surface area contributed by atoms with Crippen LogP contribution in [0.4, 0.5) is 0 Å². The molecule has 2 aromatic rings. The summed E-state index contributed by atoms with van der Waals surface area (Å²) in [6, 6.07) is 12.0. The minimum Gasteiger partial charge on any atom is -0.318 e. The predicted octanol–water partition coefficient (Wildman–Crippen LogP) is 3.37. The van der Waals surface area contributed by atoms with E-state index in [1.165, 1.54) is 0 Å². The molecule has 0 aliphatic carbocycles. The standard InChI is InChI=1S/C14H15BrN2/c1-10-7-8-11(9-17-10)14(2,16)12-5-3-4-6-13(12)15/h3-9H,16H2,1-2H3. The highest BCUT2D eigenvalue weighted by molar-refractivity contribution is 9.10. The zero-order chi connectivity index (χ0) is 12.5. The molecule has 0 aliphatic heterocycles. The highest BCUT2D eigenvalue weighted by atomic mass is 79.9. The van der Waals surface area contributed by atoms with Crippen LogP contribution in [0, 0.1) is 6.92 Å². The van der Waals surface area contributed by atoms with Crippen LogP contribution in [0.15, 0.2) is 47.1 Å². The van der Waals surface area contributed by atoms with Crippen molar-refractivity contribution in [3.05, 3.63) is 63.9 Å². The minimum absolute atomic E-state index is 0.541. The molecule has 0 fully saturated rings. The molecule has 2 N–H and O–H groups in total. The van der Waals surface area contributed by atoms with Crippen molar-refractivity contribution in [3.8, 4) is 0 Å². The second-order valence-electron chi connectivity index (χ2n) is 4.37. The Labute approximate surface area is 110 Å². The highest BCUT2D eigenvalue weighted by Crippen LogP contribution is 2.31. The zero-order valence-electron chi connectivity index (χ0n) is 9.94. The van der Waals surface area contributed by atoms with Gasteiger partial charge in [0.1, 0.15) is 0 Å². The number of aryl methyl sites for hydroxylation is 1. The molecule has 1 aromatic carbocycles. The summed E-state index contributed by atoms with van der Waals surface area (Å²) in [5.74, 6) is 0. The van der Waals surface area contributed by atoms with Crippen LogP contribution in [-0.4, -0.2) is 4.98 Å². The van der Waals surface area contributed by atoms with E-state index in [9.17, 15) is 0 Å². The van der Waals surface area contributed by atoms with E-state index in [0.29, 0.717) is 0 Å². The Morgan fingerprint density at radius 3 is 2.47 bits per heavy atom. The molecular weight excluding hydrogens is 276 g/mol. The van der Waals surface area contributed by atoms with Crippen LogP contribution in [0.2, 0.25) is 0 Å². The van der Waals surface area contributed by atoms with Gasteiger partial charge in [-0.3, -0.25) is 4.98 Å². The minimum atomic E-state index is -0.541. The van der Waals surface area contributed by atoms with Crippen LogP contribution >= 0.6 is 15.9 Å². The molecule has 0 aliphatic rings. The van der Waals surface area contributed by atoms with E-state index in [4.69, 9.17) is 5.73 Å². The van der Waals surface area contributed by atoms with Gasteiger partial charge >= 0.3 is 0 Å². The Morgan fingerprint density at radius 1 is 1.18 bits per heavy atom. The van der Waals surface area contributed by atoms with Crippen LogP contribution in [0.1, 0.15) is 23.7 Å². The third-order valence-electron chi connectivity index (χ3n) is 2.94. The number of nitrogens with two attached hydrogens (primary N) is 1. The van der Waals surface area contributed by atoms with Gasteiger partial charge in [0.2, 0.25) is 0 Å². The van der Waals surface area contributed by atoms with E-state index < -0.39 is 5.54 Å². The number of halogens is 1. The predicted molar refractivity (Wildman–Crippen MR) is 73.8 cm³/mol. The van der Waals surface area contributed by atoms with Crippen LogP contribution in [-0.2, 0) is 5.54 Å². The molecule has 1 atom stereocenters. The van der Waals surface area contributed by atoms with Gasteiger partial charge in [-0.05, 0) is 37.1 Å². The fraction of sp³-hybridized carbons (Fsp3) is 0.214. The number of hydrogen-bond acceptors (Lipinski definition) is 2. The van der Waals surface area contributed by atoms with Gasteiger partial charge in [0.05, 0.1) is 5.54 Å². The molecule has 0 spiro atoms. The molecule has 2 nitrogen and oxygen atoms in total. The fourth-order valence-electron chi connectivity index (χ4n) is 1.81. The van der Waals surface area contributed by atoms with Crippen LogP contribution < -0.4 is 5.73 Å². The summed E-state index contributed by atoms with van der Waals surface area (Å²) in [6.45, 7) is 3.97. The SMILES string of the molecule is Cc1ccc(C(C)(N)c2ccccc2Br)cn1. The molecule has 88 valence electrons. The number of aromatic nitrogens is 1. The first-order chi connectivity index (χ1) is 8.01. The van der Waals surface area contributed by atoms with Gasteiger partial charge in [-0.15, -0.1) is 0 Å². The second-order valence-corrected chi connectivity index (χ2v) is 5.22.